The maximum atomic E-state index is 9.33. The van der Waals surface area contributed by atoms with E-state index in [9.17, 15) is 5.11 Å². The Morgan fingerprint density at radius 1 is 1.33 bits per heavy atom. The summed E-state index contributed by atoms with van der Waals surface area (Å²) in [5.74, 6) is 0.757. The van der Waals surface area contributed by atoms with Crippen LogP contribution in [0.4, 0.5) is 0 Å². The van der Waals surface area contributed by atoms with Crippen molar-refractivity contribution >= 4 is 0 Å². The number of nitrogens with zero attached hydrogens (tertiary/aromatic N) is 3. The van der Waals surface area contributed by atoms with Gasteiger partial charge in [0.25, 0.3) is 0 Å². The maximum Gasteiger partial charge on any atom is 0.153 e. The number of aliphatic hydroxyl groups is 1. The highest BCUT2D eigenvalue weighted by molar-refractivity contribution is 5.26. The minimum Gasteiger partial charge on any atom is -0.389 e. The van der Waals surface area contributed by atoms with Crippen molar-refractivity contribution in [2.45, 2.75) is 20.0 Å². The Bertz CT molecular complexity index is 445. The minimum atomic E-state index is -0.481. The van der Waals surface area contributed by atoms with Crippen LogP contribution in [0.25, 0.3) is 5.82 Å². The van der Waals surface area contributed by atoms with Crippen molar-refractivity contribution < 1.29 is 5.11 Å². The third-order valence-electron chi connectivity index (χ3n) is 2.20. The molecule has 0 unspecified atom stereocenters. The first-order valence-corrected chi connectivity index (χ1v) is 4.82. The Kier molecular flexibility index (Phi) is 2.51. The lowest BCUT2D eigenvalue weighted by atomic mass is 10.2. The van der Waals surface area contributed by atoms with E-state index in [1.807, 2.05) is 25.3 Å². The van der Waals surface area contributed by atoms with Gasteiger partial charge in [0.15, 0.2) is 5.82 Å². The van der Waals surface area contributed by atoms with Crippen LogP contribution in [0, 0.1) is 6.92 Å². The zero-order valence-electron chi connectivity index (χ0n) is 8.75. The van der Waals surface area contributed by atoms with Gasteiger partial charge >= 0.3 is 0 Å². The van der Waals surface area contributed by atoms with Gasteiger partial charge in [0.1, 0.15) is 0 Å². The van der Waals surface area contributed by atoms with Gasteiger partial charge in [-0.05, 0) is 31.0 Å². The first-order chi connectivity index (χ1) is 7.16. The summed E-state index contributed by atoms with van der Waals surface area (Å²) in [6, 6.07) is 3.69. The molecule has 0 saturated heterocycles. The average molecular weight is 203 g/mol. The third-order valence-corrected chi connectivity index (χ3v) is 2.20. The van der Waals surface area contributed by atoms with Crippen molar-refractivity contribution in [2.24, 2.45) is 0 Å². The first kappa shape index (κ1) is 9.86. The van der Waals surface area contributed by atoms with Crippen LogP contribution in [0.15, 0.2) is 30.7 Å². The summed E-state index contributed by atoms with van der Waals surface area (Å²) in [6.45, 7) is 3.70. The Morgan fingerprint density at radius 3 is 2.60 bits per heavy atom. The van der Waals surface area contributed by atoms with Crippen LogP contribution in [0.2, 0.25) is 0 Å². The number of aliphatic hydroxyl groups excluding tert-OH is 1. The standard InChI is InChI=1S/C11H13N3O/c1-8-5-13-14(7-8)11-4-3-10(6-12-11)9(2)15/h3-7,9,15H,1-2H3/t9-/m0/s1. The van der Waals surface area contributed by atoms with E-state index in [1.54, 1.807) is 24.0 Å². The Labute approximate surface area is 88.2 Å². The lowest BCUT2D eigenvalue weighted by Crippen LogP contribution is -1.99. The molecule has 4 heteroatoms. The fourth-order valence-electron chi connectivity index (χ4n) is 1.32. The molecule has 0 spiro atoms. The molecule has 1 N–H and O–H groups in total. The summed E-state index contributed by atoms with van der Waals surface area (Å²) in [6.07, 6.45) is 4.87. The summed E-state index contributed by atoms with van der Waals surface area (Å²) < 4.78 is 1.71. The van der Waals surface area contributed by atoms with E-state index in [1.165, 1.54) is 0 Å². The zero-order valence-corrected chi connectivity index (χ0v) is 8.75. The molecule has 0 aliphatic rings. The number of aryl methyl sites for hydroxylation is 1. The number of rotatable bonds is 2. The molecular weight excluding hydrogens is 190 g/mol. The molecule has 0 bridgehead atoms. The van der Waals surface area contributed by atoms with Gasteiger partial charge in [0.05, 0.1) is 12.3 Å². The lowest BCUT2D eigenvalue weighted by Gasteiger charge is -2.05. The number of aromatic nitrogens is 3. The molecule has 15 heavy (non-hydrogen) atoms. The SMILES string of the molecule is Cc1cnn(-c2ccc([C@H](C)O)cn2)c1. The molecule has 0 aliphatic heterocycles. The van der Waals surface area contributed by atoms with Gasteiger partial charge in [-0.2, -0.15) is 5.10 Å². The van der Waals surface area contributed by atoms with Crippen molar-refractivity contribution in [1.29, 1.82) is 0 Å². The van der Waals surface area contributed by atoms with Crippen molar-refractivity contribution in [3.63, 3.8) is 0 Å². The van der Waals surface area contributed by atoms with E-state index in [0.29, 0.717) is 0 Å². The van der Waals surface area contributed by atoms with Crippen LogP contribution in [-0.4, -0.2) is 19.9 Å². The van der Waals surface area contributed by atoms with E-state index >= 15 is 0 Å². The summed E-state index contributed by atoms with van der Waals surface area (Å²) in [5, 5.41) is 13.5. The van der Waals surface area contributed by atoms with E-state index in [2.05, 4.69) is 10.1 Å². The maximum absolute atomic E-state index is 9.33. The van der Waals surface area contributed by atoms with Crippen LogP contribution >= 0.6 is 0 Å². The molecule has 0 aliphatic carbocycles. The van der Waals surface area contributed by atoms with Crippen molar-refractivity contribution in [3.8, 4) is 5.82 Å². The summed E-state index contributed by atoms with van der Waals surface area (Å²) in [7, 11) is 0. The van der Waals surface area contributed by atoms with Crippen molar-refractivity contribution in [1.82, 2.24) is 14.8 Å². The Hall–Kier alpha value is -1.68. The van der Waals surface area contributed by atoms with Crippen molar-refractivity contribution in [3.05, 3.63) is 41.9 Å². The topological polar surface area (TPSA) is 50.9 Å². The fourth-order valence-corrected chi connectivity index (χ4v) is 1.32. The van der Waals surface area contributed by atoms with Gasteiger partial charge in [-0.15, -0.1) is 0 Å². The molecular formula is C11H13N3O. The number of pyridine rings is 1. The largest absolute Gasteiger partial charge is 0.389 e. The van der Waals surface area contributed by atoms with Gasteiger partial charge in [0.2, 0.25) is 0 Å². The van der Waals surface area contributed by atoms with Gasteiger partial charge in [-0.3, -0.25) is 0 Å². The second-order valence-corrected chi connectivity index (χ2v) is 3.59. The monoisotopic (exact) mass is 203 g/mol. The lowest BCUT2D eigenvalue weighted by molar-refractivity contribution is 0.199. The Morgan fingerprint density at radius 2 is 2.13 bits per heavy atom. The molecule has 4 nitrogen and oxygen atoms in total. The van der Waals surface area contributed by atoms with Gasteiger partial charge < -0.3 is 5.11 Å². The molecule has 1 atom stereocenters. The molecule has 0 amide bonds. The fraction of sp³-hybridized carbons (Fsp3) is 0.273. The molecule has 2 aromatic heterocycles. The smallest absolute Gasteiger partial charge is 0.153 e. The number of hydrogen-bond acceptors (Lipinski definition) is 3. The van der Waals surface area contributed by atoms with E-state index < -0.39 is 6.10 Å². The molecule has 0 radical (unpaired) electrons. The second kappa shape index (κ2) is 3.82. The normalized spacial score (nSPS) is 12.7. The molecule has 2 heterocycles. The van der Waals surface area contributed by atoms with Gasteiger partial charge in [-0.1, -0.05) is 6.07 Å². The summed E-state index contributed by atoms with van der Waals surface area (Å²) >= 11 is 0. The molecule has 78 valence electrons. The van der Waals surface area contributed by atoms with Crippen LogP contribution in [0.5, 0.6) is 0 Å². The number of hydrogen-bond donors (Lipinski definition) is 1. The predicted octanol–water partition coefficient (Wildman–Crippen LogP) is 1.63. The van der Waals surface area contributed by atoms with E-state index in [4.69, 9.17) is 0 Å². The minimum absolute atomic E-state index is 0.481. The van der Waals surface area contributed by atoms with Gasteiger partial charge in [0, 0.05) is 12.4 Å². The van der Waals surface area contributed by atoms with Crippen molar-refractivity contribution in [2.75, 3.05) is 0 Å². The molecule has 2 rings (SSSR count). The predicted molar refractivity (Wildman–Crippen MR) is 56.7 cm³/mol. The van der Waals surface area contributed by atoms with Crippen LogP contribution in [0.1, 0.15) is 24.2 Å². The third kappa shape index (κ3) is 2.05. The highest BCUT2D eigenvalue weighted by atomic mass is 16.3. The second-order valence-electron chi connectivity index (χ2n) is 3.59. The van der Waals surface area contributed by atoms with Gasteiger partial charge in [-0.25, -0.2) is 9.67 Å². The van der Waals surface area contributed by atoms with Crippen LogP contribution in [-0.2, 0) is 0 Å². The molecule has 0 saturated carbocycles. The van der Waals surface area contributed by atoms with E-state index in [0.717, 1.165) is 16.9 Å². The molecule has 0 fully saturated rings. The Balaban J connectivity index is 2.31. The molecule has 2 aromatic rings. The zero-order chi connectivity index (χ0) is 10.8. The molecule has 0 aromatic carbocycles. The summed E-state index contributed by atoms with van der Waals surface area (Å²) in [4.78, 5) is 4.22. The summed E-state index contributed by atoms with van der Waals surface area (Å²) in [5.41, 5.74) is 1.90. The van der Waals surface area contributed by atoms with E-state index in [-0.39, 0.29) is 0 Å². The quantitative estimate of drug-likeness (QED) is 0.807. The highest BCUT2D eigenvalue weighted by Gasteiger charge is 2.03. The first-order valence-electron chi connectivity index (χ1n) is 4.82. The highest BCUT2D eigenvalue weighted by Crippen LogP contribution is 2.12. The van der Waals surface area contributed by atoms with Crippen LogP contribution < -0.4 is 0 Å². The average Bonchev–Trinajstić information content (AvgIpc) is 2.65. The van der Waals surface area contributed by atoms with Crippen LogP contribution in [0.3, 0.4) is 0 Å².